The largest absolute Gasteiger partial charge is 0.478 e. The van der Waals surface area contributed by atoms with Gasteiger partial charge in [0.2, 0.25) is 5.91 Å². The number of nitrogens with one attached hydrogen (secondary N) is 2. The minimum Gasteiger partial charge on any atom is -0.478 e. The van der Waals surface area contributed by atoms with Crippen LogP contribution >= 0.6 is 0 Å². The molecule has 0 spiro atoms. The molecular formula is C25H21FN2O5. The van der Waals surface area contributed by atoms with Gasteiger partial charge in [-0.15, -0.1) is 0 Å². The molecule has 7 nitrogen and oxygen atoms in total. The Morgan fingerprint density at radius 2 is 1.58 bits per heavy atom. The second-order valence-corrected chi connectivity index (χ2v) is 7.65. The lowest BCUT2D eigenvalue weighted by Gasteiger charge is -2.17. The first-order valence-electron chi connectivity index (χ1n) is 10.3. The number of carboxylic acids is 1. The Hall–Kier alpha value is -4.20. The minimum absolute atomic E-state index is 0.0868. The summed E-state index contributed by atoms with van der Waals surface area (Å²) in [5.74, 6) is -3.36. The summed E-state index contributed by atoms with van der Waals surface area (Å²) >= 11 is 0. The predicted octanol–water partition coefficient (Wildman–Crippen LogP) is 4.39. The molecule has 0 unspecified atom stereocenters. The van der Waals surface area contributed by atoms with Gasteiger partial charge in [0.1, 0.15) is 12.6 Å². The maximum absolute atomic E-state index is 14.2. The highest BCUT2D eigenvalue weighted by Crippen LogP contribution is 2.44. The molecule has 1 atom stereocenters. The number of alkyl carbamates (subject to hydrolysis) is 1. The lowest BCUT2D eigenvalue weighted by Crippen LogP contribution is -2.42. The van der Waals surface area contributed by atoms with Crippen LogP contribution in [0.4, 0.5) is 14.9 Å². The lowest BCUT2D eigenvalue weighted by atomic mass is 9.98. The molecule has 3 aromatic rings. The number of carbonyl (C=O) groups is 3. The van der Waals surface area contributed by atoms with Crippen LogP contribution < -0.4 is 10.6 Å². The van der Waals surface area contributed by atoms with E-state index < -0.39 is 35.4 Å². The Bertz CT molecular complexity index is 1200. The highest BCUT2D eigenvalue weighted by molar-refractivity contribution is 5.98. The van der Waals surface area contributed by atoms with Crippen molar-refractivity contribution >= 4 is 23.7 Å². The van der Waals surface area contributed by atoms with Crippen LogP contribution in [0.5, 0.6) is 0 Å². The summed E-state index contributed by atoms with van der Waals surface area (Å²) in [6.07, 6.45) is -0.792. The molecule has 1 aliphatic rings. The maximum Gasteiger partial charge on any atom is 0.407 e. The van der Waals surface area contributed by atoms with Gasteiger partial charge in [-0.05, 0) is 41.3 Å². The van der Waals surface area contributed by atoms with E-state index >= 15 is 0 Å². The molecule has 3 N–H and O–H groups in total. The third-order valence-electron chi connectivity index (χ3n) is 5.56. The van der Waals surface area contributed by atoms with E-state index in [2.05, 4.69) is 10.6 Å². The molecule has 0 heterocycles. The number of halogens is 1. The smallest absolute Gasteiger partial charge is 0.407 e. The van der Waals surface area contributed by atoms with Crippen LogP contribution in [0.2, 0.25) is 0 Å². The number of anilines is 1. The molecule has 0 saturated heterocycles. The van der Waals surface area contributed by atoms with Gasteiger partial charge in [0, 0.05) is 5.92 Å². The Labute approximate surface area is 189 Å². The van der Waals surface area contributed by atoms with Gasteiger partial charge in [-0.1, -0.05) is 54.6 Å². The van der Waals surface area contributed by atoms with Gasteiger partial charge < -0.3 is 20.5 Å². The number of ether oxygens (including phenoxy) is 1. The molecule has 33 heavy (non-hydrogen) atoms. The third kappa shape index (κ3) is 4.41. The van der Waals surface area contributed by atoms with Crippen LogP contribution in [-0.4, -0.2) is 35.7 Å². The lowest BCUT2D eigenvalue weighted by molar-refractivity contribution is -0.117. The van der Waals surface area contributed by atoms with Crippen molar-refractivity contribution in [2.75, 3.05) is 11.9 Å². The van der Waals surface area contributed by atoms with E-state index in [1.54, 1.807) is 0 Å². The van der Waals surface area contributed by atoms with Crippen LogP contribution in [-0.2, 0) is 9.53 Å². The summed E-state index contributed by atoms with van der Waals surface area (Å²) in [7, 11) is 0. The number of amides is 2. The first kappa shape index (κ1) is 22.0. The van der Waals surface area contributed by atoms with Crippen molar-refractivity contribution in [1.29, 1.82) is 0 Å². The van der Waals surface area contributed by atoms with Crippen LogP contribution in [0.1, 0.15) is 34.3 Å². The number of rotatable bonds is 6. The molecular weight excluding hydrogens is 427 g/mol. The average molecular weight is 448 g/mol. The molecule has 168 valence electrons. The van der Waals surface area contributed by atoms with Crippen LogP contribution in [0.3, 0.4) is 0 Å². The van der Waals surface area contributed by atoms with E-state index in [4.69, 9.17) is 9.84 Å². The van der Waals surface area contributed by atoms with E-state index in [-0.39, 0.29) is 18.2 Å². The summed E-state index contributed by atoms with van der Waals surface area (Å²) in [5, 5.41) is 13.7. The monoisotopic (exact) mass is 448 g/mol. The molecule has 0 aromatic heterocycles. The van der Waals surface area contributed by atoms with Gasteiger partial charge in [0.25, 0.3) is 0 Å². The van der Waals surface area contributed by atoms with Gasteiger partial charge in [0.15, 0.2) is 5.82 Å². The van der Waals surface area contributed by atoms with E-state index in [0.717, 1.165) is 28.3 Å². The van der Waals surface area contributed by atoms with Crippen molar-refractivity contribution in [2.24, 2.45) is 0 Å². The fourth-order valence-corrected chi connectivity index (χ4v) is 3.92. The number of hydrogen-bond acceptors (Lipinski definition) is 4. The number of carbonyl (C=O) groups excluding carboxylic acids is 2. The number of aromatic carboxylic acids is 1. The fourth-order valence-electron chi connectivity index (χ4n) is 3.92. The van der Waals surface area contributed by atoms with Crippen molar-refractivity contribution in [3.05, 3.63) is 89.2 Å². The summed E-state index contributed by atoms with van der Waals surface area (Å²) in [4.78, 5) is 35.8. The Kier molecular flexibility index (Phi) is 6.08. The number of benzene rings is 3. The standard InChI is InChI=1S/C25H21FN2O5/c1-14(23(29)28-21-12-6-11-19(22(21)26)24(30)31)27-25(32)33-13-20-17-9-4-2-7-15(17)16-8-3-5-10-18(16)20/h2-12,14,20H,13H2,1H3,(H,27,32)(H,28,29)(H,30,31)/t14-/m1/s1. The van der Waals surface area contributed by atoms with Crippen molar-refractivity contribution in [3.63, 3.8) is 0 Å². The molecule has 1 aliphatic carbocycles. The molecule has 0 aliphatic heterocycles. The zero-order chi connectivity index (χ0) is 23.5. The van der Waals surface area contributed by atoms with Crippen molar-refractivity contribution in [1.82, 2.24) is 5.32 Å². The van der Waals surface area contributed by atoms with Gasteiger partial charge in [-0.25, -0.2) is 14.0 Å². The topological polar surface area (TPSA) is 105 Å². The Morgan fingerprint density at radius 3 is 2.18 bits per heavy atom. The van der Waals surface area contributed by atoms with Gasteiger partial charge in [-0.3, -0.25) is 4.79 Å². The number of hydrogen-bond donors (Lipinski definition) is 3. The van der Waals surface area contributed by atoms with E-state index in [1.165, 1.54) is 19.1 Å². The van der Waals surface area contributed by atoms with Crippen molar-refractivity contribution in [2.45, 2.75) is 18.9 Å². The first-order chi connectivity index (χ1) is 15.9. The zero-order valence-corrected chi connectivity index (χ0v) is 17.7. The Balaban J connectivity index is 1.37. The van der Waals surface area contributed by atoms with Crippen LogP contribution in [0.15, 0.2) is 66.7 Å². The highest BCUT2D eigenvalue weighted by Gasteiger charge is 2.29. The SMILES string of the molecule is C[C@@H](NC(=O)OCC1c2ccccc2-c2ccccc21)C(=O)Nc1cccc(C(=O)O)c1F. The molecule has 4 rings (SSSR count). The molecule has 2 amide bonds. The molecule has 3 aromatic carbocycles. The summed E-state index contributed by atoms with van der Waals surface area (Å²) in [5.41, 5.74) is 3.46. The highest BCUT2D eigenvalue weighted by atomic mass is 19.1. The van der Waals surface area contributed by atoms with Gasteiger partial charge in [0.05, 0.1) is 11.3 Å². The zero-order valence-electron chi connectivity index (χ0n) is 17.7. The predicted molar refractivity (Wildman–Crippen MR) is 120 cm³/mol. The molecule has 0 radical (unpaired) electrons. The molecule has 0 bridgehead atoms. The number of carboxylic acid groups (broad SMARTS) is 1. The van der Waals surface area contributed by atoms with E-state index in [0.29, 0.717) is 0 Å². The molecule has 0 saturated carbocycles. The minimum atomic E-state index is -1.45. The third-order valence-corrected chi connectivity index (χ3v) is 5.56. The van der Waals surface area contributed by atoms with Crippen LogP contribution in [0.25, 0.3) is 11.1 Å². The van der Waals surface area contributed by atoms with Crippen molar-refractivity contribution in [3.8, 4) is 11.1 Å². The average Bonchev–Trinajstić information content (AvgIpc) is 3.12. The summed E-state index contributed by atoms with van der Waals surface area (Å²) in [6, 6.07) is 18.4. The first-order valence-corrected chi connectivity index (χ1v) is 10.3. The number of fused-ring (bicyclic) bond motifs is 3. The summed E-state index contributed by atoms with van der Waals surface area (Å²) in [6.45, 7) is 1.50. The quantitative estimate of drug-likeness (QED) is 0.519. The van der Waals surface area contributed by atoms with Gasteiger partial charge >= 0.3 is 12.1 Å². The van der Waals surface area contributed by atoms with Gasteiger partial charge in [-0.2, -0.15) is 0 Å². The second-order valence-electron chi connectivity index (χ2n) is 7.65. The van der Waals surface area contributed by atoms with Crippen molar-refractivity contribution < 1.29 is 28.6 Å². The van der Waals surface area contributed by atoms with Crippen LogP contribution in [0, 0.1) is 5.82 Å². The Morgan fingerprint density at radius 1 is 0.970 bits per heavy atom. The van der Waals surface area contributed by atoms with E-state index in [1.807, 2.05) is 48.5 Å². The normalized spacial score (nSPS) is 12.9. The maximum atomic E-state index is 14.2. The summed E-state index contributed by atoms with van der Waals surface area (Å²) < 4.78 is 19.6. The molecule has 0 fully saturated rings. The molecule has 8 heteroatoms. The second kappa shape index (κ2) is 9.12. The fraction of sp³-hybridized carbons (Fsp3) is 0.160. The van der Waals surface area contributed by atoms with E-state index in [9.17, 15) is 18.8 Å².